The number of carboxylic acids is 2. The van der Waals surface area contributed by atoms with Crippen LogP contribution in [0.15, 0.2) is 31.1 Å². The van der Waals surface area contributed by atoms with Crippen LogP contribution in [0.1, 0.15) is 12.0 Å². The number of aryl methyl sites for hydroxylation is 1. The molecule has 0 bridgehead atoms. The first-order chi connectivity index (χ1) is 17.1. The molecule has 2 aromatic rings. The standard InChI is InChI=1S/C16H22N6O.2C2HF3O2/c1-20-8-13(5-19-20)9-21-2-3-22-11-15(4-14(22)10-21)23-16-6-17-12-18-7-16;2*3-2(4,5)1(6)7/h5-8,12,14-15H,2-4,9-11H2,1H3;2*(H,6,7). The predicted octanol–water partition coefficient (Wildman–Crippen LogP) is 1.81. The molecule has 0 amide bonds. The molecule has 37 heavy (non-hydrogen) atoms. The molecule has 0 aliphatic carbocycles. The van der Waals surface area contributed by atoms with Gasteiger partial charge in [0.1, 0.15) is 12.4 Å². The zero-order chi connectivity index (χ0) is 27.8. The van der Waals surface area contributed by atoms with Gasteiger partial charge in [0.2, 0.25) is 0 Å². The maximum Gasteiger partial charge on any atom is 0.490 e. The second-order valence-electron chi connectivity index (χ2n) is 8.06. The average molecular weight is 542 g/mol. The Kier molecular flexibility index (Phi) is 10.2. The van der Waals surface area contributed by atoms with Crippen molar-refractivity contribution < 1.29 is 50.9 Å². The smallest absolute Gasteiger partial charge is 0.486 e. The monoisotopic (exact) mass is 542 g/mol. The quantitative estimate of drug-likeness (QED) is 0.551. The minimum Gasteiger partial charge on any atom is -0.486 e. The van der Waals surface area contributed by atoms with E-state index in [0.717, 1.165) is 44.9 Å². The molecule has 0 spiro atoms. The van der Waals surface area contributed by atoms with E-state index in [4.69, 9.17) is 24.5 Å². The molecule has 2 aromatic heterocycles. The van der Waals surface area contributed by atoms with Gasteiger partial charge in [-0.1, -0.05) is 0 Å². The van der Waals surface area contributed by atoms with E-state index in [0.29, 0.717) is 6.04 Å². The fourth-order valence-corrected chi connectivity index (χ4v) is 3.64. The second-order valence-corrected chi connectivity index (χ2v) is 8.06. The number of ether oxygens (including phenoxy) is 1. The number of halogens is 6. The fourth-order valence-electron chi connectivity index (χ4n) is 3.64. The summed E-state index contributed by atoms with van der Waals surface area (Å²) >= 11 is 0. The first-order valence-corrected chi connectivity index (χ1v) is 10.6. The number of hydrogen-bond donors (Lipinski definition) is 2. The van der Waals surface area contributed by atoms with Crippen LogP contribution in [0.4, 0.5) is 26.3 Å². The summed E-state index contributed by atoms with van der Waals surface area (Å²) < 4.78 is 71.4. The fraction of sp³-hybridized carbons (Fsp3) is 0.550. The van der Waals surface area contributed by atoms with Crippen LogP contribution in [-0.4, -0.2) is 102 Å². The number of hydrogen-bond acceptors (Lipinski definition) is 8. The number of fused-ring (bicyclic) bond motifs is 1. The van der Waals surface area contributed by atoms with E-state index in [2.05, 4.69) is 31.1 Å². The lowest BCUT2D eigenvalue weighted by Crippen LogP contribution is -2.49. The van der Waals surface area contributed by atoms with Crippen LogP contribution in [0, 0.1) is 0 Å². The Morgan fingerprint density at radius 1 is 1.00 bits per heavy atom. The third-order valence-electron chi connectivity index (χ3n) is 5.15. The minimum absolute atomic E-state index is 0.240. The van der Waals surface area contributed by atoms with E-state index in [1.165, 1.54) is 11.9 Å². The highest BCUT2D eigenvalue weighted by Gasteiger charge is 2.39. The number of aromatic nitrogens is 4. The van der Waals surface area contributed by atoms with E-state index in [9.17, 15) is 26.3 Å². The van der Waals surface area contributed by atoms with Crippen LogP contribution in [0.2, 0.25) is 0 Å². The van der Waals surface area contributed by atoms with Gasteiger partial charge < -0.3 is 14.9 Å². The highest BCUT2D eigenvalue weighted by molar-refractivity contribution is 5.73. The largest absolute Gasteiger partial charge is 0.490 e. The molecule has 2 saturated heterocycles. The topological polar surface area (TPSA) is 134 Å². The zero-order valence-electron chi connectivity index (χ0n) is 19.4. The van der Waals surface area contributed by atoms with Gasteiger partial charge >= 0.3 is 24.3 Å². The molecule has 2 N–H and O–H groups in total. The van der Waals surface area contributed by atoms with Gasteiger partial charge in [-0.05, 0) is 0 Å². The number of alkyl halides is 6. The summed E-state index contributed by atoms with van der Waals surface area (Å²) in [5, 5.41) is 18.5. The second kappa shape index (κ2) is 12.7. The molecule has 11 nitrogen and oxygen atoms in total. The first kappa shape index (κ1) is 29.8. The zero-order valence-corrected chi connectivity index (χ0v) is 19.4. The van der Waals surface area contributed by atoms with Crippen molar-refractivity contribution in [2.45, 2.75) is 37.5 Å². The normalized spacial score (nSPS) is 20.1. The molecular weight excluding hydrogens is 518 g/mol. The number of carboxylic acid groups (broad SMARTS) is 2. The maximum absolute atomic E-state index is 10.6. The summed E-state index contributed by atoms with van der Waals surface area (Å²) in [5.74, 6) is -4.75. The molecule has 17 heteroatoms. The number of carbonyl (C=O) groups is 2. The molecule has 2 atom stereocenters. The van der Waals surface area contributed by atoms with E-state index in [-0.39, 0.29) is 6.10 Å². The van der Waals surface area contributed by atoms with Crippen molar-refractivity contribution in [2.24, 2.45) is 7.05 Å². The van der Waals surface area contributed by atoms with Gasteiger partial charge in [-0.25, -0.2) is 19.6 Å². The Hall–Kier alpha value is -3.47. The van der Waals surface area contributed by atoms with Gasteiger partial charge in [-0.2, -0.15) is 31.4 Å². The Labute approximate surface area is 206 Å². The molecule has 2 aliphatic heterocycles. The van der Waals surface area contributed by atoms with E-state index < -0.39 is 24.3 Å². The van der Waals surface area contributed by atoms with Crippen LogP contribution in [0.25, 0.3) is 0 Å². The maximum atomic E-state index is 10.6. The minimum atomic E-state index is -5.08. The van der Waals surface area contributed by atoms with Crippen molar-refractivity contribution in [1.29, 1.82) is 0 Å². The lowest BCUT2D eigenvalue weighted by Gasteiger charge is -2.36. The molecule has 2 aliphatic rings. The third kappa shape index (κ3) is 10.2. The Morgan fingerprint density at radius 3 is 2.05 bits per heavy atom. The Balaban J connectivity index is 0.000000286. The van der Waals surface area contributed by atoms with Crippen molar-refractivity contribution in [2.75, 3.05) is 26.2 Å². The van der Waals surface area contributed by atoms with Gasteiger partial charge in [-0.15, -0.1) is 0 Å². The first-order valence-electron chi connectivity index (χ1n) is 10.6. The van der Waals surface area contributed by atoms with Crippen LogP contribution >= 0.6 is 0 Å². The van der Waals surface area contributed by atoms with E-state index >= 15 is 0 Å². The molecule has 0 aromatic carbocycles. The highest BCUT2D eigenvalue weighted by Crippen LogP contribution is 2.26. The van der Waals surface area contributed by atoms with E-state index in [1.807, 2.05) is 17.9 Å². The average Bonchev–Trinajstić information content (AvgIpc) is 3.38. The molecule has 0 saturated carbocycles. The Bertz CT molecular complexity index is 995. The van der Waals surface area contributed by atoms with Gasteiger partial charge in [0.05, 0.1) is 18.6 Å². The molecule has 2 unspecified atom stereocenters. The van der Waals surface area contributed by atoms with Gasteiger partial charge in [0, 0.05) is 64.0 Å². The molecule has 4 rings (SSSR count). The van der Waals surface area contributed by atoms with Gasteiger partial charge in [0.25, 0.3) is 0 Å². The van der Waals surface area contributed by atoms with Crippen LogP contribution in [0.5, 0.6) is 5.75 Å². The summed E-state index contributed by atoms with van der Waals surface area (Å²) in [6.45, 7) is 5.29. The van der Waals surface area contributed by atoms with Crippen molar-refractivity contribution in [1.82, 2.24) is 29.5 Å². The van der Waals surface area contributed by atoms with Crippen LogP contribution in [0.3, 0.4) is 0 Å². The van der Waals surface area contributed by atoms with Crippen LogP contribution in [-0.2, 0) is 23.2 Å². The van der Waals surface area contributed by atoms with Gasteiger partial charge in [-0.3, -0.25) is 14.5 Å². The molecule has 2 fully saturated rings. The van der Waals surface area contributed by atoms with Gasteiger partial charge in [0.15, 0.2) is 5.75 Å². The van der Waals surface area contributed by atoms with Crippen molar-refractivity contribution in [3.63, 3.8) is 0 Å². The molecule has 4 heterocycles. The summed E-state index contributed by atoms with van der Waals surface area (Å²) in [7, 11) is 1.97. The van der Waals surface area contributed by atoms with Crippen molar-refractivity contribution in [3.05, 3.63) is 36.7 Å². The van der Waals surface area contributed by atoms with Crippen molar-refractivity contribution >= 4 is 11.9 Å². The third-order valence-corrected chi connectivity index (χ3v) is 5.15. The lowest BCUT2D eigenvalue weighted by atomic mass is 10.1. The number of nitrogens with zero attached hydrogens (tertiary/aromatic N) is 6. The number of piperazine rings is 1. The Morgan fingerprint density at radius 2 is 1.57 bits per heavy atom. The van der Waals surface area contributed by atoms with Crippen molar-refractivity contribution in [3.8, 4) is 5.75 Å². The highest BCUT2D eigenvalue weighted by atomic mass is 19.4. The summed E-state index contributed by atoms with van der Waals surface area (Å²) in [6, 6.07) is 0.579. The number of aliphatic carboxylic acids is 2. The summed E-state index contributed by atoms with van der Waals surface area (Å²) in [5.41, 5.74) is 1.29. The molecular formula is C20H24F6N6O5. The van der Waals surface area contributed by atoms with E-state index in [1.54, 1.807) is 12.4 Å². The molecule has 206 valence electrons. The summed E-state index contributed by atoms with van der Waals surface area (Å²) in [4.78, 5) is 30.9. The summed E-state index contributed by atoms with van der Waals surface area (Å²) in [6.07, 6.45) is 0.201. The molecule has 0 radical (unpaired) electrons. The SMILES string of the molecule is Cn1cc(CN2CCN3CC(Oc4cncnc4)CC3C2)cn1.O=C(O)C(F)(F)F.O=C(O)C(F)(F)F. The number of rotatable bonds is 4. The predicted molar refractivity (Wildman–Crippen MR) is 112 cm³/mol. The van der Waals surface area contributed by atoms with Crippen LogP contribution < -0.4 is 4.74 Å². The lowest BCUT2D eigenvalue weighted by molar-refractivity contribution is -0.193.